The fourth-order valence-corrected chi connectivity index (χ4v) is 8.59. The standard InChI is InChI=1S/C48H65N9O12/c1-8-29-42(63)52-31-16-17-38(61)57(46(31)67)34(20-27-13-10-9-11-14-27)47(68)56(7)33-21-28-22-35(58)36(59)23-32(28)53-48(69)49-18-12-15-30(51-41(62)25(4)5)43(64)55-40(45(66)50-29)26(6)19-37(60)39(24(2)3)54-44(33)65/h8-11,13-14,22-26,30-31,33-34,38-40,58-59,61H,12,15-21H2,1-7H3,(H,50,66)(H,51,62)(H,52,63)(H,54,65)(H,55,64)(H2,49,53,69)/b29-8-. The van der Waals surface area contributed by atoms with Crippen LogP contribution < -0.4 is 37.2 Å². The van der Waals surface area contributed by atoms with Crippen molar-refractivity contribution in [1.29, 1.82) is 0 Å². The second kappa shape index (κ2) is 23.3. The Morgan fingerprint density at radius 1 is 0.841 bits per heavy atom. The first kappa shape index (κ1) is 52.9. The molecule has 21 heteroatoms. The summed E-state index contributed by atoms with van der Waals surface area (Å²) in [5, 5.41) is 51.5. The third-order valence-electron chi connectivity index (χ3n) is 12.7. The van der Waals surface area contributed by atoms with Gasteiger partial charge in [0.05, 0.1) is 6.04 Å². The lowest BCUT2D eigenvalue weighted by Crippen LogP contribution is -2.64. The number of anilines is 1. The molecule has 4 bridgehead atoms. The fourth-order valence-electron chi connectivity index (χ4n) is 8.59. The number of phenolic OH excluding ortho intramolecular Hbond substituents is 2. The van der Waals surface area contributed by atoms with Crippen LogP contribution in [0.5, 0.6) is 11.5 Å². The molecule has 0 radical (unpaired) electrons. The number of carbonyl (C=O) groups excluding carboxylic acids is 9. The van der Waals surface area contributed by atoms with Crippen LogP contribution in [-0.2, 0) is 51.2 Å². The van der Waals surface area contributed by atoms with Crippen LogP contribution in [0.15, 0.2) is 54.2 Å². The van der Waals surface area contributed by atoms with Gasteiger partial charge in [-0.1, -0.05) is 71.0 Å². The average Bonchev–Trinajstić information content (AvgIpc) is 3.29. The molecule has 21 nitrogen and oxygen atoms in total. The minimum atomic E-state index is -1.58. The first-order chi connectivity index (χ1) is 32.6. The summed E-state index contributed by atoms with van der Waals surface area (Å²) in [6, 6.07) is 1.41. The summed E-state index contributed by atoms with van der Waals surface area (Å²) in [5.74, 6) is -9.80. The smallest absolute Gasteiger partial charge is 0.319 e. The number of Topliss-reactive ketones (excluding diaryl/α,β-unsaturated/α-hetero) is 1. The molecule has 3 aliphatic rings. The van der Waals surface area contributed by atoms with E-state index in [0.717, 1.165) is 21.9 Å². The average molecular weight is 960 g/mol. The van der Waals surface area contributed by atoms with Crippen molar-refractivity contribution >= 4 is 58.9 Å². The number of nitrogens with zero attached hydrogens (tertiary/aromatic N) is 2. The molecule has 374 valence electrons. The van der Waals surface area contributed by atoms with E-state index in [1.54, 1.807) is 58.0 Å². The molecule has 0 saturated carbocycles. The second-order valence-corrected chi connectivity index (χ2v) is 18.5. The van der Waals surface area contributed by atoms with Gasteiger partial charge in [-0.3, -0.25) is 38.4 Å². The van der Waals surface area contributed by atoms with Crippen molar-refractivity contribution in [3.8, 4) is 11.5 Å². The minimum absolute atomic E-state index is 0.0457. The summed E-state index contributed by atoms with van der Waals surface area (Å²) < 4.78 is 0. The van der Waals surface area contributed by atoms with Gasteiger partial charge in [-0.15, -0.1) is 0 Å². The van der Waals surface area contributed by atoms with Crippen LogP contribution in [0.4, 0.5) is 10.5 Å². The molecule has 8 atom stereocenters. The molecule has 8 unspecified atom stereocenters. The maximum Gasteiger partial charge on any atom is 0.319 e. The van der Waals surface area contributed by atoms with Crippen LogP contribution in [0.3, 0.4) is 0 Å². The number of benzene rings is 2. The summed E-state index contributed by atoms with van der Waals surface area (Å²) in [6.45, 7) is 9.44. The van der Waals surface area contributed by atoms with Crippen molar-refractivity contribution in [2.24, 2.45) is 17.8 Å². The molecule has 3 heterocycles. The van der Waals surface area contributed by atoms with Gasteiger partial charge in [0.15, 0.2) is 17.3 Å². The number of aliphatic hydroxyl groups is 1. The van der Waals surface area contributed by atoms with Crippen LogP contribution in [0, 0.1) is 17.8 Å². The Morgan fingerprint density at radius 3 is 2.17 bits per heavy atom. The van der Waals surface area contributed by atoms with E-state index in [9.17, 15) is 53.7 Å². The number of rotatable bonds is 5. The summed E-state index contributed by atoms with van der Waals surface area (Å²) in [6.07, 6.45) is -1.46. The maximum atomic E-state index is 15.2. The maximum absolute atomic E-state index is 15.2. The van der Waals surface area contributed by atoms with Crippen LogP contribution in [-0.4, -0.2) is 134 Å². The second-order valence-electron chi connectivity index (χ2n) is 18.5. The van der Waals surface area contributed by atoms with Gasteiger partial charge in [0.2, 0.25) is 35.4 Å². The van der Waals surface area contributed by atoms with Crippen molar-refractivity contribution in [1.82, 2.24) is 41.7 Å². The summed E-state index contributed by atoms with van der Waals surface area (Å²) in [5.41, 5.74) is 0.201. The highest BCUT2D eigenvalue weighted by atomic mass is 16.3. The number of urea groups is 1. The molecule has 2 fully saturated rings. The zero-order chi connectivity index (χ0) is 50.9. The van der Waals surface area contributed by atoms with Crippen molar-refractivity contribution in [2.75, 3.05) is 18.9 Å². The van der Waals surface area contributed by atoms with Crippen molar-refractivity contribution in [3.05, 3.63) is 65.4 Å². The number of fused-ring (bicyclic) bond motifs is 10. The normalized spacial score (nSPS) is 27.0. The number of amides is 9. The van der Waals surface area contributed by atoms with Gasteiger partial charge < -0.3 is 62.3 Å². The monoisotopic (exact) mass is 959 g/mol. The lowest BCUT2D eigenvalue weighted by Gasteiger charge is -2.43. The van der Waals surface area contributed by atoms with E-state index >= 15 is 4.79 Å². The van der Waals surface area contributed by atoms with Crippen LogP contribution in [0.2, 0.25) is 0 Å². The Morgan fingerprint density at radius 2 is 1.52 bits per heavy atom. The molecule has 5 rings (SSSR count). The van der Waals surface area contributed by atoms with Crippen LogP contribution >= 0.6 is 0 Å². The van der Waals surface area contributed by atoms with Crippen LogP contribution in [0.1, 0.15) is 84.8 Å². The van der Waals surface area contributed by atoms with Crippen LogP contribution in [0.25, 0.3) is 0 Å². The molecular formula is C48H65N9O12. The highest BCUT2D eigenvalue weighted by molar-refractivity contribution is 6.03. The van der Waals surface area contributed by atoms with E-state index in [4.69, 9.17) is 0 Å². The highest BCUT2D eigenvalue weighted by Crippen LogP contribution is 2.33. The van der Waals surface area contributed by atoms with Gasteiger partial charge in [0.1, 0.15) is 42.1 Å². The molecule has 9 amide bonds. The Kier molecular flexibility index (Phi) is 17.9. The molecule has 2 aromatic carbocycles. The quantitative estimate of drug-likeness (QED) is 0.113. The predicted molar refractivity (Wildman–Crippen MR) is 250 cm³/mol. The molecule has 3 aliphatic heterocycles. The van der Waals surface area contributed by atoms with Gasteiger partial charge in [-0.05, 0) is 61.6 Å². The minimum Gasteiger partial charge on any atom is -0.504 e. The van der Waals surface area contributed by atoms with E-state index in [1.807, 2.05) is 0 Å². The molecule has 2 saturated heterocycles. The van der Waals surface area contributed by atoms with E-state index in [0.29, 0.717) is 5.56 Å². The van der Waals surface area contributed by atoms with Gasteiger partial charge in [0, 0.05) is 50.5 Å². The van der Waals surface area contributed by atoms with Crippen molar-refractivity contribution in [2.45, 2.75) is 129 Å². The number of aromatic hydroxyl groups is 2. The Balaban J connectivity index is 1.74. The van der Waals surface area contributed by atoms with Crippen molar-refractivity contribution in [3.63, 3.8) is 0 Å². The molecule has 2 aromatic rings. The van der Waals surface area contributed by atoms with Gasteiger partial charge in [-0.2, -0.15) is 0 Å². The van der Waals surface area contributed by atoms with E-state index in [1.165, 1.54) is 27.0 Å². The number of ketones is 1. The predicted octanol–water partition coefficient (Wildman–Crippen LogP) is 0.815. The molecular weight excluding hydrogens is 895 g/mol. The van der Waals surface area contributed by atoms with E-state index in [2.05, 4.69) is 37.2 Å². The first-order valence-electron chi connectivity index (χ1n) is 23.2. The SMILES string of the molecule is C/C=C1\NC(=O)C2NC(=O)C(NC(=O)C(C)C)CCCNC(=O)Nc3cc(O)c(O)cc3CC(C(=O)NC(C(C)C)C(=O)CC2C)N(C)C(=O)C(Cc2ccccc2)N2C(=O)C(CCC2O)NC1=O. The van der Waals surface area contributed by atoms with Gasteiger partial charge >= 0.3 is 6.03 Å². The molecule has 10 N–H and O–H groups in total. The largest absolute Gasteiger partial charge is 0.504 e. The molecule has 0 aliphatic carbocycles. The lowest BCUT2D eigenvalue weighted by molar-refractivity contribution is -0.164. The fraction of sp³-hybridized carbons (Fsp3) is 0.521. The van der Waals surface area contributed by atoms with Gasteiger partial charge in [-0.25, -0.2) is 4.79 Å². The number of hydrogen-bond donors (Lipinski definition) is 10. The molecule has 0 aromatic heterocycles. The van der Waals surface area contributed by atoms with E-state index < -0.39 is 138 Å². The van der Waals surface area contributed by atoms with Crippen molar-refractivity contribution < 1.29 is 58.5 Å². The van der Waals surface area contributed by atoms with Gasteiger partial charge in [0.25, 0.3) is 5.91 Å². The number of allylic oxidation sites excluding steroid dienone is 1. The number of aliphatic hydroxyl groups excluding tert-OH is 1. The number of likely N-dealkylation sites (N-methyl/N-ethyl adjacent to an activating group) is 1. The zero-order valence-corrected chi connectivity index (χ0v) is 40.0. The zero-order valence-electron chi connectivity index (χ0n) is 40.0. The third-order valence-corrected chi connectivity index (χ3v) is 12.7. The molecule has 0 spiro atoms. The Bertz CT molecular complexity index is 2320. The summed E-state index contributed by atoms with van der Waals surface area (Å²) >= 11 is 0. The number of piperidine rings is 1. The highest BCUT2D eigenvalue weighted by Gasteiger charge is 2.45. The lowest BCUT2D eigenvalue weighted by atomic mass is 9.88. The number of hydrogen-bond acceptors (Lipinski definition) is 12. The summed E-state index contributed by atoms with van der Waals surface area (Å²) in [4.78, 5) is 130. The number of nitrogens with one attached hydrogen (secondary N) is 7. The Labute approximate surface area is 400 Å². The topological polar surface area (TPSA) is 305 Å². The van der Waals surface area contributed by atoms with E-state index in [-0.39, 0.29) is 55.6 Å². The molecule has 69 heavy (non-hydrogen) atoms. The summed E-state index contributed by atoms with van der Waals surface area (Å²) in [7, 11) is 1.29. The third kappa shape index (κ3) is 13.2. The first-order valence-corrected chi connectivity index (χ1v) is 23.2. The number of carbonyl (C=O) groups is 9. The Hall–Kier alpha value is -7.03. The number of phenols is 2.